The Morgan fingerprint density at radius 3 is 2.30 bits per heavy atom. The van der Waals surface area contributed by atoms with Crippen molar-refractivity contribution in [2.24, 2.45) is 29.6 Å². The van der Waals surface area contributed by atoms with Crippen LogP contribution in [0, 0.1) is 39.7 Å². The third kappa shape index (κ3) is 2.46. The fourth-order valence-corrected chi connectivity index (χ4v) is 5.36. The van der Waals surface area contributed by atoms with E-state index in [0.717, 1.165) is 11.8 Å². The lowest BCUT2D eigenvalue weighted by Crippen LogP contribution is -2.49. The maximum atomic E-state index is 12.8. The average Bonchev–Trinajstić information content (AvgIpc) is 2.47. The number of benzene rings is 1. The van der Waals surface area contributed by atoms with Crippen molar-refractivity contribution in [3.8, 4) is 0 Å². The number of hydrogen-bond acceptors (Lipinski definition) is 4. The summed E-state index contributed by atoms with van der Waals surface area (Å²) >= 11 is 0. The van der Waals surface area contributed by atoms with E-state index in [2.05, 4.69) is 5.32 Å². The van der Waals surface area contributed by atoms with Gasteiger partial charge in [0.1, 0.15) is 5.69 Å². The number of anilines is 2. The number of nitrogen functional groups attached to an aromatic ring is 1. The molecular formula is C17H21N3O3. The number of nitrogens with zero attached hydrogens (tertiary/aromatic N) is 1. The van der Waals surface area contributed by atoms with E-state index in [4.69, 9.17) is 5.73 Å². The van der Waals surface area contributed by atoms with Crippen LogP contribution in [0.15, 0.2) is 18.2 Å². The second-order valence-electron chi connectivity index (χ2n) is 7.48. The van der Waals surface area contributed by atoms with Crippen molar-refractivity contribution in [1.29, 1.82) is 0 Å². The highest BCUT2D eigenvalue weighted by Gasteiger charge is 2.50. The molecule has 4 aliphatic rings. The average molecular weight is 315 g/mol. The molecule has 1 amide bonds. The van der Waals surface area contributed by atoms with Crippen molar-refractivity contribution in [1.82, 2.24) is 0 Å². The summed E-state index contributed by atoms with van der Waals surface area (Å²) in [4.78, 5) is 23.2. The van der Waals surface area contributed by atoms with Crippen LogP contribution in [0.25, 0.3) is 0 Å². The number of nitrogens with one attached hydrogen (secondary N) is 1. The minimum atomic E-state index is -0.520. The van der Waals surface area contributed by atoms with Crippen LogP contribution in [0.5, 0.6) is 0 Å². The number of nitro groups is 1. The molecule has 0 spiro atoms. The van der Waals surface area contributed by atoms with Crippen molar-refractivity contribution in [3.05, 3.63) is 28.3 Å². The molecule has 0 unspecified atom stereocenters. The van der Waals surface area contributed by atoms with Crippen molar-refractivity contribution in [3.63, 3.8) is 0 Å². The van der Waals surface area contributed by atoms with Gasteiger partial charge in [-0.15, -0.1) is 0 Å². The summed E-state index contributed by atoms with van der Waals surface area (Å²) in [6, 6.07) is 4.46. The Morgan fingerprint density at radius 2 is 1.74 bits per heavy atom. The number of carbonyl (C=O) groups is 1. The van der Waals surface area contributed by atoms with E-state index in [-0.39, 0.29) is 23.2 Å². The minimum Gasteiger partial charge on any atom is -0.393 e. The van der Waals surface area contributed by atoms with Gasteiger partial charge in [-0.25, -0.2) is 0 Å². The molecule has 0 aromatic heterocycles. The van der Waals surface area contributed by atoms with Gasteiger partial charge in [0.05, 0.1) is 4.92 Å². The normalized spacial score (nSPS) is 34.3. The lowest BCUT2D eigenvalue weighted by atomic mass is 9.51. The molecule has 1 aromatic rings. The first-order valence-corrected chi connectivity index (χ1v) is 8.36. The topological polar surface area (TPSA) is 98.3 Å². The van der Waals surface area contributed by atoms with Crippen molar-refractivity contribution in [2.75, 3.05) is 11.1 Å². The predicted molar refractivity (Wildman–Crippen MR) is 86.7 cm³/mol. The molecule has 122 valence electrons. The minimum absolute atomic E-state index is 0.0258. The van der Waals surface area contributed by atoms with E-state index in [1.807, 2.05) is 0 Å². The van der Waals surface area contributed by atoms with Gasteiger partial charge in [-0.2, -0.15) is 0 Å². The number of amides is 1. The van der Waals surface area contributed by atoms with Crippen molar-refractivity contribution < 1.29 is 9.72 Å². The van der Waals surface area contributed by atoms with Crippen LogP contribution in [-0.2, 0) is 4.79 Å². The fraction of sp³-hybridized carbons (Fsp3) is 0.588. The smallest absolute Gasteiger partial charge is 0.294 e. The number of rotatable bonds is 3. The van der Waals surface area contributed by atoms with Gasteiger partial charge in [-0.1, -0.05) is 0 Å². The van der Waals surface area contributed by atoms with Crippen LogP contribution in [0.2, 0.25) is 0 Å². The molecule has 0 heterocycles. The highest BCUT2D eigenvalue weighted by Crippen LogP contribution is 2.56. The maximum absolute atomic E-state index is 12.8. The zero-order valence-corrected chi connectivity index (χ0v) is 12.9. The summed E-state index contributed by atoms with van der Waals surface area (Å²) < 4.78 is 0. The van der Waals surface area contributed by atoms with Crippen molar-refractivity contribution in [2.45, 2.75) is 32.1 Å². The van der Waals surface area contributed by atoms with Gasteiger partial charge < -0.3 is 11.1 Å². The van der Waals surface area contributed by atoms with Crippen LogP contribution in [0.1, 0.15) is 32.1 Å². The third-order valence-corrected chi connectivity index (χ3v) is 6.02. The molecule has 6 nitrogen and oxygen atoms in total. The Kier molecular flexibility index (Phi) is 3.28. The highest BCUT2D eigenvalue weighted by atomic mass is 16.6. The number of hydrogen-bond donors (Lipinski definition) is 2. The van der Waals surface area contributed by atoms with Crippen LogP contribution in [-0.4, -0.2) is 10.8 Å². The summed E-state index contributed by atoms with van der Waals surface area (Å²) in [5.74, 6) is 2.72. The van der Waals surface area contributed by atoms with E-state index >= 15 is 0 Å². The van der Waals surface area contributed by atoms with E-state index < -0.39 is 4.92 Å². The summed E-state index contributed by atoms with van der Waals surface area (Å²) in [5.41, 5.74) is 6.02. The molecular weight excluding hydrogens is 294 g/mol. The maximum Gasteiger partial charge on any atom is 0.294 e. The first kappa shape index (κ1) is 14.5. The van der Waals surface area contributed by atoms with Gasteiger partial charge >= 0.3 is 0 Å². The summed E-state index contributed by atoms with van der Waals surface area (Å²) in [5, 5.41) is 13.9. The molecule has 5 rings (SSSR count). The predicted octanol–water partition coefficient (Wildman–Crippen LogP) is 3.19. The lowest BCUT2D eigenvalue weighted by Gasteiger charge is -2.53. The highest BCUT2D eigenvalue weighted by molar-refractivity contribution is 5.94. The first-order valence-electron chi connectivity index (χ1n) is 8.36. The number of nitro benzene ring substituents is 1. The number of carbonyl (C=O) groups excluding carboxylic acids is 1. The Balaban J connectivity index is 1.52. The van der Waals surface area contributed by atoms with E-state index in [1.165, 1.54) is 44.2 Å². The van der Waals surface area contributed by atoms with Gasteiger partial charge in [0.2, 0.25) is 5.91 Å². The lowest BCUT2D eigenvalue weighted by molar-refractivity contribution is -0.383. The molecule has 0 atom stereocenters. The zero-order valence-electron chi connectivity index (χ0n) is 12.9. The Labute approximate surface area is 134 Å². The zero-order chi connectivity index (χ0) is 16.1. The monoisotopic (exact) mass is 315 g/mol. The van der Waals surface area contributed by atoms with Gasteiger partial charge in [0.25, 0.3) is 5.69 Å². The standard InChI is InChI=1S/C17H21N3O3/c18-14-2-1-13(8-15(14)20(22)23)19-17(21)16-11-4-9-3-10(6-11)7-12(16)5-9/h1-2,8-12,16H,3-7,18H2,(H,19,21). The van der Waals surface area contributed by atoms with Gasteiger partial charge in [0, 0.05) is 17.7 Å². The van der Waals surface area contributed by atoms with Crippen molar-refractivity contribution >= 4 is 23.0 Å². The van der Waals surface area contributed by atoms with E-state index in [0.29, 0.717) is 17.5 Å². The molecule has 0 radical (unpaired) electrons. The van der Waals surface area contributed by atoms with E-state index in [9.17, 15) is 14.9 Å². The first-order chi connectivity index (χ1) is 11.0. The van der Waals surface area contributed by atoms with Crippen LogP contribution in [0.3, 0.4) is 0 Å². The number of nitrogens with two attached hydrogens (primary N) is 1. The van der Waals surface area contributed by atoms with E-state index in [1.54, 1.807) is 6.07 Å². The molecule has 4 aliphatic carbocycles. The molecule has 6 heteroatoms. The van der Waals surface area contributed by atoms with Gasteiger partial charge in [0.15, 0.2) is 0 Å². The molecule has 0 aliphatic heterocycles. The quantitative estimate of drug-likeness (QED) is 0.508. The van der Waals surface area contributed by atoms with Crippen LogP contribution < -0.4 is 11.1 Å². The second kappa shape index (κ2) is 5.22. The molecule has 0 saturated heterocycles. The van der Waals surface area contributed by atoms with Gasteiger partial charge in [-0.05, 0) is 67.9 Å². The fourth-order valence-electron chi connectivity index (χ4n) is 5.36. The Hall–Kier alpha value is -2.11. The molecule has 4 saturated carbocycles. The van der Waals surface area contributed by atoms with Crippen LogP contribution in [0.4, 0.5) is 17.1 Å². The third-order valence-electron chi connectivity index (χ3n) is 6.02. The summed E-state index contributed by atoms with van der Waals surface area (Å²) in [6.45, 7) is 0. The SMILES string of the molecule is Nc1ccc(NC(=O)C2C3CC4CC(C3)CC2C4)cc1[N+](=O)[O-]. The largest absolute Gasteiger partial charge is 0.393 e. The summed E-state index contributed by atoms with van der Waals surface area (Å²) in [6.07, 6.45) is 6.05. The molecule has 1 aromatic carbocycles. The van der Waals surface area contributed by atoms with Gasteiger partial charge in [-0.3, -0.25) is 14.9 Å². The Bertz CT molecular complexity index is 645. The second-order valence-corrected chi connectivity index (χ2v) is 7.48. The molecule has 4 fully saturated rings. The summed E-state index contributed by atoms with van der Waals surface area (Å²) in [7, 11) is 0. The molecule has 4 bridgehead atoms. The molecule has 3 N–H and O–H groups in total. The Morgan fingerprint density at radius 1 is 1.13 bits per heavy atom. The van der Waals surface area contributed by atoms with Crippen LogP contribution >= 0.6 is 0 Å². The molecule has 23 heavy (non-hydrogen) atoms.